The summed E-state index contributed by atoms with van der Waals surface area (Å²) in [5, 5.41) is 14.2. The van der Waals surface area contributed by atoms with Crippen LogP contribution in [0.5, 0.6) is 0 Å². The predicted octanol–water partition coefficient (Wildman–Crippen LogP) is 1.45. The SMILES string of the molecule is Cn1nc2ccccc2c1S(=O)(=O)N1CC(C)(C)CC1C(=O)O. The maximum absolute atomic E-state index is 13.1. The number of carbonyl (C=O) groups is 1. The molecule has 0 saturated carbocycles. The number of hydrogen-bond acceptors (Lipinski definition) is 4. The Morgan fingerprint density at radius 1 is 1.35 bits per heavy atom. The Balaban J connectivity index is 2.17. The molecule has 1 aromatic heterocycles. The molecule has 7 nitrogen and oxygen atoms in total. The van der Waals surface area contributed by atoms with Gasteiger partial charge in [-0.3, -0.25) is 9.48 Å². The minimum atomic E-state index is -3.96. The van der Waals surface area contributed by atoms with E-state index in [4.69, 9.17) is 0 Å². The molecule has 124 valence electrons. The van der Waals surface area contributed by atoms with Crippen LogP contribution in [0.1, 0.15) is 20.3 Å². The van der Waals surface area contributed by atoms with Crippen molar-refractivity contribution in [3.63, 3.8) is 0 Å². The van der Waals surface area contributed by atoms with Gasteiger partial charge in [-0.15, -0.1) is 0 Å². The quantitative estimate of drug-likeness (QED) is 0.915. The van der Waals surface area contributed by atoms with Crippen molar-refractivity contribution in [3.8, 4) is 0 Å². The normalized spacial score (nSPS) is 21.8. The number of fused-ring (bicyclic) bond motifs is 1. The van der Waals surface area contributed by atoms with Crippen LogP contribution in [0.3, 0.4) is 0 Å². The number of aliphatic carboxylic acids is 1. The second-order valence-corrected chi connectivity index (χ2v) is 8.52. The molecule has 2 aromatic rings. The minimum absolute atomic E-state index is 0.0389. The Morgan fingerprint density at radius 3 is 2.65 bits per heavy atom. The summed E-state index contributed by atoms with van der Waals surface area (Å²) in [6.45, 7) is 3.92. The number of rotatable bonds is 3. The van der Waals surface area contributed by atoms with E-state index in [-0.39, 0.29) is 23.4 Å². The van der Waals surface area contributed by atoms with Gasteiger partial charge in [-0.1, -0.05) is 26.0 Å². The summed E-state index contributed by atoms with van der Waals surface area (Å²) in [5.41, 5.74) is 0.184. The van der Waals surface area contributed by atoms with E-state index in [0.29, 0.717) is 10.9 Å². The number of carboxylic acids is 1. The van der Waals surface area contributed by atoms with E-state index in [1.54, 1.807) is 31.3 Å². The van der Waals surface area contributed by atoms with Gasteiger partial charge in [0.05, 0.1) is 5.52 Å². The van der Waals surface area contributed by atoms with Gasteiger partial charge in [-0.25, -0.2) is 8.42 Å². The summed E-state index contributed by atoms with van der Waals surface area (Å²) < 4.78 is 28.7. The van der Waals surface area contributed by atoms with Crippen LogP contribution < -0.4 is 0 Å². The lowest BCUT2D eigenvalue weighted by molar-refractivity contribution is -0.140. The van der Waals surface area contributed by atoms with Crippen LogP contribution in [0.4, 0.5) is 0 Å². The standard InChI is InChI=1S/C15H19N3O4S/c1-15(2)8-12(14(19)20)18(9-15)23(21,22)13-10-6-4-5-7-11(10)16-17(13)3/h4-7,12H,8-9H2,1-3H3,(H,19,20). The van der Waals surface area contributed by atoms with Crippen molar-refractivity contribution >= 4 is 26.9 Å². The monoisotopic (exact) mass is 337 g/mol. The fourth-order valence-corrected chi connectivity index (χ4v) is 5.29. The summed E-state index contributed by atoms with van der Waals surface area (Å²) in [5.74, 6) is -1.12. The van der Waals surface area contributed by atoms with Crippen molar-refractivity contribution in [2.24, 2.45) is 12.5 Å². The average Bonchev–Trinajstić information content (AvgIpc) is 2.95. The maximum Gasteiger partial charge on any atom is 0.322 e. The van der Waals surface area contributed by atoms with E-state index in [0.717, 1.165) is 4.31 Å². The third kappa shape index (κ3) is 2.51. The van der Waals surface area contributed by atoms with Gasteiger partial charge < -0.3 is 5.11 Å². The van der Waals surface area contributed by atoms with Crippen LogP contribution in [0, 0.1) is 5.41 Å². The summed E-state index contributed by atoms with van der Waals surface area (Å²) in [7, 11) is -2.41. The molecule has 1 fully saturated rings. The van der Waals surface area contributed by atoms with E-state index in [9.17, 15) is 18.3 Å². The molecule has 0 spiro atoms. The molecule has 3 rings (SSSR count). The van der Waals surface area contributed by atoms with Gasteiger partial charge >= 0.3 is 5.97 Å². The van der Waals surface area contributed by atoms with Crippen LogP contribution in [0.2, 0.25) is 0 Å². The van der Waals surface area contributed by atoms with Crippen LogP contribution in [0.25, 0.3) is 10.9 Å². The molecular formula is C15H19N3O4S. The molecule has 2 heterocycles. The molecule has 1 aliphatic heterocycles. The second-order valence-electron chi connectivity index (χ2n) is 6.72. The van der Waals surface area contributed by atoms with Gasteiger partial charge in [0.2, 0.25) is 0 Å². The zero-order valence-corrected chi connectivity index (χ0v) is 14.0. The van der Waals surface area contributed by atoms with Crippen molar-refractivity contribution in [3.05, 3.63) is 24.3 Å². The largest absolute Gasteiger partial charge is 0.480 e. The van der Waals surface area contributed by atoms with Crippen molar-refractivity contribution in [2.45, 2.75) is 31.3 Å². The summed E-state index contributed by atoms with van der Waals surface area (Å²) in [6, 6.07) is 5.89. The molecule has 1 unspecified atom stereocenters. The molecular weight excluding hydrogens is 318 g/mol. The lowest BCUT2D eigenvalue weighted by Gasteiger charge is -2.21. The first kappa shape index (κ1) is 15.9. The van der Waals surface area contributed by atoms with Crippen molar-refractivity contribution < 1.29 is 18.3 Å². The molecule has 0 bridgehead atoms. The molecule has 1 atom stereocenters. The second kappa shape index (κ2) is 5.04. The lowest BCUT2D eigenvalue weighted by atomic mass is 9.91. The molecule has 1 aliphatic rings. The Hall–Kier alpha value is -1.93. The number of benzene rings is 1. The van der Waals surface area contributed by atoms with Gasteiger partial charge in [0.15, 0.2) is 5.03 Å². The van der Waals surface area contributed by atoms with Crippen LogP contribution in [0.15, 0.2) is 29.3 Å². The number of nitrogens with zero attached hydrogens (tertiary/aromatic N) is 3. The predicted molar refractivity (Wildman–Crippen MR) is 84.4 cm³/mol. The Labute approximate surface area is 134 Å². The van der Waals surface area contributed by atoms with Gasteiger partial charge in [-0.05, 0) is 24.0 Å². The smallest absolute Gasteiger partial charge is 0.322 e. The zero-order valence-electron chi connectivity index (χ0n) is 13.2. The average molecular weight is 337 g/mol. The topological polar surface area (TPSA) is 92.5 Å². The summed E-state index contributed by atoms with van der Waals surface area (Å²) >= 11 is 0. The molecule has 1 saturated heterocycles. The Bertz CT molecular complexity index is 885. The van der Waals surface area contributed by atoms with E-state index < -0.39 is 22.0 Å². The highest BCUT2D eigenvalue weighted by atomic mass is 32.2. The first-order valence-electron chi connectivity index (χ1n) is 7.30. The fraction of sp³-hybridized carbons (Fsp3) is 0.467. The van der Waals surface area contributed by atoms with E-state index in [1.165, 1.54) is 4.68 Å². The van der Waals surface area contributed by atoms with Crippen molar-refractivity contribution in [1.29, 1.82) is 0 Å². The Morgan fingerprint density at radius 2 is 2.00 bits per heavy atom. The number of sulfonamides is 1. The third-order valence-electron chi connectivity index (χ3n) is 4.20. The van der Waals surface area contributed by atoms with Gasteiger partial charge in [0.25, 0.3) is 10.0 Å². The summed E-state index contributed by atoms with van der Waals surface area (Å²) in [4.78, 5) is 11.5. The number of aryl methyl sites for hydroxylation is 1. The molecule has 0 radical (unpaired) electrons. The number of hydrogen-bond donors (Lipinski definition) is 1. The van der Waals surface area contributed by atoms with Gasteiger partial charge in [-0.2, -0.15) is 9.40 Å². The number of carboxylic acid groups (broad SMARTS) is 1. The van der Waals surface area contributed by atoms with Crippen LogP contribution in [-0.2, 0) is 21.9 Å². The molecule has 8 heteroatoms. The van der Waals surface area contributed by atoms with Crippen molar-refractivity contribution in [2.75, 3.05) is 6.54 Å². The summed E-state index contributed by atoms with van der Waals surface area (Å²) in [6.07, 6.45) is 0.289. The van der Waals surface area contributed by atoms with Gasteiger partial charge in [0, 0.05) is 19.0 Å². The first-order chi connectivity index (χ1) is 10.6. The van der Waals surface area contributed by atoms with E-state index >= 15 is 0 Å². The molecule has 1 N–H and O–H groups in total. The lowest BCUT2D eigenvalue weighted by Crippen LogP contribution is -2.41. The molecule has 23 heavy (non-hydrogen) atoms. The zero-order chi connectivity index (χ0) is 17.0. The number of aromatic nitrogens is 2. The van der Waals surface area contributed by atoms with Crippen molar-refractivity contribution in [1.82, 2.24) is 14.1 Å². The highest BCUT2D eigenvalue weighted by molar-refractivity contribution is 7.89. The highest BCUT2D eigenvalue weighted by Crippen LogP contribution is 2.38. The Kier molecular flexibility index (Phi) is 3.49. The first-order valence-corrected chi connectivity index (χ1v) is 8.74. The minimum Gasteiger partial charge on any atom is -0.480 e. The van der Waals surface area contributed by atoms with Crippen LogP contribution >= 0.6 is 0 Å². The van der Waals surface area contributed by atoms with Gasteiger partial charge in [0.1, 0.15) is 6.04 Å². The fourth-order valence-electron chi connectivity index (χ4n) is 3.22. The highest BCUT2D eigenvalue weighted by Gasteiger charge is 2.48. The van der Waals surface area contributed by atoms with E-state index in [1.807, 2.05) is 13.8 Å². The molecule has 0 amide bonds. The van der Waals surface area contributed by atoms with Crippen LogP contribution in [-0.4, -0.2) is 46.2 Å². The maximum atomic E-state index is 13.1. The molecule has 0 aliphatic carbocycles. The van der Waals surface area contributed by atoms with E-state index in [2.05, 4.69) is 5.10 Å². The molecule has 1 aromatic carbocycles. The third-order valence-corrected chi connectivity index (χ3v) is 6.18.